The fourth-order valence-electron chi connectivity index (χ4n) is 4.13. The zero-order valence-electron chi connectivity index (χ0n) is 17.4. The van der Waals surface area contributed by atoms with Crippen LogP contribution < -0.4 is 10.5 Å². The van der Waals surface area contributed by atoms with Crippen molar-refractivity contribution in [3.63, 3.8) is 0 Å². The van der Waals surface area contributed by atoms with Gasteiger partial charge in [-0.1, -0.05) is 0 Å². The Balaban J connectivity index is 1.52. The molecular weight excluding hydrogens is 390 g/mol. The van der Waals surface area contributed by atoms with Gasteiger partial charge in [-0.2, -0.15) is 0 Å². The van der Waals surface area contributed by atoms with Gasteiger partial charge < -0.3 is 15.1 Å². The normalized spacial score (nSPS) is 23.6. The van der Waals surface area contributed by atoms with E-state index in [1.165, 1.54) is 18.6 Å². The molecule has 1 aromatic rings. The zero-order chi connectivity index (χ0) is 21.0. The number of nitrogens with two attached hydrogens (primary N) is 1. The van der Waals surface area contributed by atoms with Gasteiger partial charge in [0.1, 0.15) is 0 Å². The Kier molecular flexibility index (Phi) is 7.28. The van der Waals surface area contributed by atoms with Gasteiger partial charge in [0.25, 0.3) is 0 Å². The molecule has 2 saturated heterocycles. The number of nitrogens with one attached hydrogen (secondary N) is 1. The van der Waals surface area contributed by atoms with Crippen molar-refractivity contribution in [2.24, 2.45) is 11.1 Å². The average molecular weight is 424 g/mol. The lowest BCUT2D eigenvalue weighted by atomic mass is 9.95. The number of sulfonamides is 1. The van der Waals surface area contributed by atoms with Gasteiger partial charge >= 0.3 is 0 Å². The van der Waals surface area contributed by atoms with Crippen LogP contribution >= 0.6 is 0 Å². The Morgan fingerprint density at radius 3 is 2.45 bits per heavy atom. The highest BCUT2D eigenvalue weighted by Crippen LogP contribution is 2.21. The number of hydrogen-bond acceptors (Lipinski definition) is 6. The van der Waals surface area contributed by atoms with Gasteiger partial charge in [-0.25, -0.2) is 13.6 Å². The summed E-state index contributed by atoms with van der Waals surface area (Å²) in [7, 11) is -1.56. The lowest BCUT2D eigenvalue weighted by molar-refractivity contribution is -0.121. The molecule has 162 valence electrons. The Hall–Kier alpha value is -1.52. The summed E-state index contributed by atoms with van der Waals surface area (Å²) in [5, 5.41) is 8.00. The lowest BCUT2D eigenvalue weighted by Crippen LogP contribution is -2.51. The SMILES string of the molecule is C[C@@H](C(=O)Nc1ccc(S(N)(=O)=O)cc1)N1CCC[C@H](CN2CCN(C)CC2)C1. The summed E-state index contributed by atoms with van der Waals surface area (Å²) in [6, 6.07) is 5.71. The molecule has 0 spiro atoms. The number of hydrogen-bond donors (Lipinski definition) is 2. The Bertz CT molecular complexity index is 791. The molecule has 0 saturated carbocycles. The number of likely N-dealkylation sites (N-methyl/N-ethyl adjacent to an activating group) is 1. The number of likely N-dealkylation sites (tertiary alicyclic amines) is 1. The van der Waals surface area contributed by atoms with Crippen LogP contribution in [-0.4, -0.2) is 87.9 Å². The van der Waals surface area contributed by atoms with E-state index in [1.807, 2.05) is 6.92 Å². The average Bonchev–Trinajstić information content (AvgIpc) is 2.69. The molecule has 0 aromatic heterocycles. The van der Waals surface area contributed by atoms with Crippen LogP contribution in [-0.2, 0) is 14.8 Å². The first-order valence-electron chi connectivity index (χ1n) is 10.3. The van der Waals surface area contributed by atoms with E-state index >= 15 is 0 Å². The van der Waals surface area contributed by atoms with Crippen LogP contribution in [0.4, 0.5) is 5.69 Å². The molecule has 0 unspecified atom stereocenters. The van der Waals surface area contributed by atoms with Crippen molar-refractivity contribution < 1.29 is 13.2 Å². The summed E-state index contributed by atoms with van der Waals surface area (Å²) < 4.78 is 22.7. The second kappa shape index (κ2) is 9.53. The number of carbonyl (C=O) groups excluding carboxylic acids is 1. The predicted octanol–water partition coefficient (Wildman–Crippen LogP) is 0.620. The van der Waals surface area contributed by atoms with Crippen molar-refractivity contribution in [1.29, 1.82) is 0 Å². The summed E-state index contributed by atoms with van der Waals surface area (Å²) >= 11 is 0. The number of piperidine rings is 1. The molecule has 1 aromatic carbocycles. The third-order valence-corrected chi connectivity index (χ3v) is 6.97. The van der Waals surface area contributed by atoms with Gasteiger partial charge in [-0.15, -0.1) is 0 Å². The Morgan fingerprint density at radius 2 is 1.83 bits per heavy atom. The number of primary sulfonamides is 1. The summed E-state index contributed by atoms with van der Waals surface area (Å²) in [6.07, 6.45) is 2.32. The molecule has 1 amide bonds. The molecule has 29 heavy (non-hydrogen) atoms. The second-order valence-corrected chi connectivity index (χ2v) is 9.90. The highest BCUT2D eigenvalue weighted by atomic mass is 32.2. The van der Waals surface area contributed by atoms with Crippen LogP contribution in [0.5, 0.6) is 0 Å². The van der Waals surface area contributed by atoms with Crippen LogP contribution in [0, 0.1) is 5.92 Å². The van der Waals surface area contributed by atoms with Crippen molar-refractivity contribution in [3.8, 4) is 0 Å². The molecule has 9 heteroatoms. The van der Waals surface area contributed by atoms with Crippen molar-refractivity contribution in [1.82, 2.24) is 14.7 Å². The fraction of sp³-hybridized carbons (Fsp3) is 0.650. The maximum atomic E-state index is 12.7. The third-order valence-electron chi connectivity index (χ3n) is 6.04. The largest absolute Gasteiger partial charge is 0.325 e. The molecule has 3 N–H and O–H groups in total. The van der Waals surface area contributed by atoms with E-state index in [0.29, 0.717) is 11.6 Å². The summed E-state index contributed by atoms with van der Waals surface area (Å²) in [5.74, 6) is 0.519. The quantitative estimate of drug-likeness (QED) is 0.696. The van der Waals surface area contributed by atoms with E-state index in [9.17, 15) is 13.2 Å². The first kappa shape index (κ1) is 22.2. The molecule has 0 aliphatic carbocycles. The van der Waals surface area contributed by atoms with Gasteiger partial charge in [0.2, 0.25) is 15.9 Å². The molecule has 0 bridgehead atoms. The fourth-order valence-corrected chi connectivity index (χ4v) is 4.65. The molecular formula is C20H33N5O3S. The predicted molar refractivity (Wildman–Crippen MR) is 114 cm³/mol. The van der Waals surface area contributed by atoms with Gasteiger partial charge in [-0.05, 0) is 63.5 Å². The monoisotopic (exact) mass is 423 g/mol. The Morgan fingerprint density at radius 1 is 1.17 bits per heavy atom. The van der Waals surface area contributed by atoms with Gasteiger partial charge in [0.05, 0.1) is 10.9 Å². The molecule has 0 radical (unpaired) electrons. The minimum atomic E-state index is -3.73. The van der Waals surface area contributed by atoms with E-state index in [1.54, 1.807) is 12.1 Å². The zero-order valence-corrected chi connectivity index (χ0v) is 18.2. The van der Waals surface area contributed by atoms with E-state index in [2.05, 4.69) is 27.1 Å². The van der Waals surface area contributed by atoms with Crippen molar-refractivity contribution in [2.75, 3.05) is 58.2 Å². The standard InChI is InChI=1S/C20H33N5O3S/c1-16(20(26)22-18-5-7-19(8-6-18)29(21,27)28)25-9-3-4-17(15-25)14-24-12-10-23(2)11-13-24/h5-8,16-17H,3-4,9-15H2,1-2H3,(H,22,26)(H2,21,27,28)/t16-,17+/m0/s1. The number of piperazine rings is 1. The number of benzene rings is 1. The van der Waals surface area contributed by atoms with Crippen LogP contribution in [0.15, 0.2) is 29.2 Å². The first-order valence-corrected chi connectivity index (χ1v) is 11.9. The second-order valence-electron chi connectivity index (χ2n) is 8.34. The molecule has 3 rings (SSSR count). The van der Waals surface area contributed by atoms with Crippen molar-refractivity contribution in [2.45, 2.75) is 30.7 Å². The number of anilines is 1. The minimum Gasteiger partial charge on any atom is -0.325 e. The molecule has 2 atom stereocenters. The molecule has 2 fully saturated rings. The van der Waals surface area contributed by atoms with E-state index in [0.717, 1.165) is 52.2 Å². The number of nitrogens with zero attached hydrogens (tertiary/aromatic N) is 3. The first-order chi connectivity index (χ1) is 13.7. The van der Waals surface area contributed by atoms with Crippen molar-refractivity contribution in [3.05, 3.63) is 24.3 Å². The smallest absolute Gasteiger partial charge is 0.241 e. The molecule has 8 nitrogen and oxygen atoms in total. The van der Waals surface area contributed by atoms with Crippen LogP contribution in [0.25, 0.3) is 0 Å². The topological polar surface area (TPSA) is 99.0 Å². The summed E-state index contributed by atoms with van der Waals surface area (Å²) in [4.78, 5) is 19.9. The van der Waals surface area contributed by atoms with E-state index < -0.39 is 10.0 Å². The molecule has 2 heterocycles. The van der Waals surface area contributed by atoms with E-state index in [4.69, 9.17) is 5.14 Å². The maximum absolute atomic E-state index is 12.7. The minimum absolute atomic E-state index is 0.0336. The van der Waals surface area contributed by atoms with Gasteiger partial charge in [-0.3, -0.25) is 9.69 Å². The highest BCUT2D eigenvalue weighted by molar-refractivity contribution is 7.89. The number of rotatable bonds is 6. The third kappa shape index (κ3) is 6.23. The Labute approximate surface area is 174 Å². The van der Waals surface area contributed by atoms with Crippen LogP contribution in [0.2, 0.25) is 0 Å². The van der Waals surface area contributed by atoms with Crippen LogP contribution in [0.3, 0.4) is 0 Å². The number of carbonyl (C=O) groups is 1. The van der Waals surface area contributed by atoms with E-state index in [-0.39, 0.29) is 16.8 Å². The highest BCUT2D eigenvalue weighted by Gasteiger charge is 2.29. The molecule has 2 aliphatic rings. The molecule has 2 aliphatic heterocycles. The maximum Gasteiger partial charge on any atom is 0.241 e. The number of amides is 1. The lowest BCUT2D eigenvalue weighted by Gasteiger charge is -2.40. The summed E-state index contributed by atoms with van der Waals surface area (Å²) in [5.41, 5.74) is 0.570. The summed E-state index contributed by atoms with van der Waals surface area (Å²) in [6.45, 7) is 9.40. The van der Waals surface area contributed by atoms with Gasteiger partial charge in [0, 0.05) is 45.0 Å². The van der Waals surface area contributed by atoms with Gasteiger partial charge in [0.15, 0.2) is 0 Å². The van der Waals surface area contributed by atoms with Crippen LogP contribution in [0.1, 0.15) is 19.8 Å². The van der Waals surface area contributed by atoms with Crippen molar-refractivity contribution >= 4 is 21.6 Å².